The second kappa shape index (κ2) is 6.61. The van der Waals surface area contributed by atoms with Gasteiger partial charge in [0.05, 0.1) is 28.3 Å². The van der Waals surface area contributed by atoms with Crippen molar-refractivity contribution in [2.45, 2.75) is 0 Å². The van der Waals surface area contributed by atoms with Gasteiger partial charge in [0.25, 0.3) is 0 Å². The van der Waals surface area contributed by atoms with Gasteiger partial charge in [-0.05, 0) is 30.3 Å². The Hall–Kier alpha value is -2.04. The van der Waals surface area contributed by atoms with Crippen LogP contribution >= 0.6 is 23.2 Å². The predicted molar refractivity (Wildman–Crippen MR) is 79.8 cm³/mol. The summed E-state index contributed by atoms with van der Waals surface area (Å²) < 4.78 is 10.3. The molecule has 21 heavy (non-hydrogen) atoms. The van der Waals surface area contributed by atoms with Gasteiger partial charge >= 0.3 is 5.97 Å². The molecule has 4 nitrogen and oxygen atoms in total. The average Bonchev–Trinajstić information content (AvgIpc) is 2.50. The highest BCUT2D eigenvalue weighted by Crippen LogP contribution is 2.31. The quantitative estimate of drug-likeness (QED) is 0.484. The van der Waals surface area contributed by atoms with Crippen LogP contribution in [-0.4, -0.2) is 19.4 Å². The van der Waals surface area contributed by atoms with Gasteiger partial charge in [0.15, 0.2) is 17.8 Å². The molecule has 0 bridgehead atoms. The molecule has 0 unspecified atom stereocenters. The zero-order valence-corrected chi connectivity index (χ0v) is 12.4. The van der Waals surface area contributed by atoms with Crippen molar-refractivity contribution in [1.82, 2.24) is 0 Å². The summed E-state index contributed by atoms with van der Waals surface area (Å²) in [6.45, 7) is 0. The molecule has 0 aromatic heterocycles. The lowest BCUT2D eigenvalue weighted by Gasteiger charge is -2.11. The zero-order valence-electron chi connectivity index (χ0n) is 10.9. The van der Waals surface area contributed by atoms with Gasteiger partial charge in [-0.25, -0.2) is 4.79 Å². The number of ether oxygens (including phenoxy) is 2. The van der Waals surface area contributed by atoms with Crippen molar-refractivity contribution in [3.63, 3.8) is 0 Å². The van der Waals surface area contributed by atoms with Crippen molar-refractivity contribution in [3.05, 3.63) is 57.6 Å². The maximum Gasteiger partial charge on any atom is 0.343 e. The van der Waals surface area contributed by atoms with E-state index in [1.807, 2.05) is 0 Å². The number of rotatable bonds is 4. The summed E-state index contributed by atoms with van der Waals surface area (Å²) in [6.07, 6.45) is 0.583. The molecule has 0 amide bonds. The van der Waals surface area contributed by atoms with Crippen LogP contribution in [0.5, 0.6) is 11.5 Å². The Labute approximate surface area is 131 Å². The number of hydrogen-bond donors (Lipinski definition) is 0. The van der Waals surface area contributed by atoms with Crippen LogP contribution in [0.4, 0.5) is 0 Å². The van der Waals surface area contributed by atoms with Gasteiger partial charge in [-0.2, -0.15) is 0 Å². The topological polar surface area (TPSA) is 52.6 Å². The largest absolute Gasteiger partial charge is 0.493 e. The molecule has 2 rings (SSSR count). The van der Waals surface area contributed by atoms with Gasteiger partial charge in [-0.15, -0.1) is 0 Å². The van der Waals surface area contributed by atoms with E-state index in [2.05, 4.69) is 0 Å². The van der Waals surface area contributed by atoms with Crippen LogP contribution in [0.2, 0.25) is 10.0 Å². The van der Waals surface area contributed by atoms with Crippen LogP contribution in [0.25, 0.3) is 0 Å². The summed E-state index contributed by atoms with van der Waals surface area (Å²) in [4.78, 5) is 23.1. The van der Waals surface area contributed by atoms with Crippen molar-refractivity contribution >= 4 is 35.5 Å². The zero-order chi connectivity index (χ0) is 15.4. The molecule has 0 heterocycles. The Bertz CT molecular complexity index is 698. The summed E-state index contributed by atoms with van der Waals surface area (Å²) in [5.74, 6) is -0.319. The van der Waals surface area contributed by atoms with Crippen LogP contribution in [0.15, 0.2) is 36.4 Å². The molecule has 0 aliphatic rings. The molecule has 0 atom stereocenters. The fourth-order valence-electron chi connectivity index (χ4n) is 1.67. The average molecular weight is 325 g/mol. The molecule has 0 radical (unpaired) electrons. The van der Waals surface area contributed by atoms with Gasteiger partial charge in [0.2, 0.25) is 0 Å². The minimum Gasteiger partial charge on any atom is -0.493 e. The standard InChI is InChI=1S/C15H10Cl2O4/c1-20-13-4-2-3-10(8-18)14(13)21-15(19)9-5-6-11(16)12(17)7-9/h2-8H,1H3. The van der Waals surface area contributed by atoms with Crippen LogP contribution in [-0.2, 0) is 0 Å². The van der Waals surface area contributed by atoms with Crippen molar-refractivity contribution in [3.8, 4) is 11.5 Å². The molecule has 6 heteroatoms. The van der Waals surface area contributed by atoms with E-state index in [0.29, 0.717) is 11.3 Å². The van der Waals surface area contributed by atoms with Gasteiger partial charge in [0, 0.05) is 0 Å². The van der Waals surface area contributed by atoms with Gasteiger partial charge in [0.1, 0.15) is 0 Å². The molecule has 0 spiro atoms. The molecular formula is C15H10Cl2O4. The highest BCUT2D eigenvalue weighted by molar-refractivity contribution is 6.42. The molecule has 2 aromatic rings. The van der Waals surface area contributed by atoms with Crippen LogP contribution in [0, 0.1) is 0 Å². The van der Waals surface area contributed by atoms with E-state index in [0.717, 1.165) is 0 Å². The first kappa shape index (κ1) is 15.4. The number of carbonyl (C=O) groups excluding carboxylic acids is 2. The van der Waals surface area contributed by atoms with E-state index in [1.54, 1.807) is 12.1 Å². The van der Waals surface area contributed by atoms with E-state index in [9.17, 15) is 9.59 Å². The van der Waals surface area contributed by atoms with E-state index in [-0.39, 0.29) is 27.6 Å². The van der Waals surface area contributed by atoms with Gasteiger partial charge in [-0.3, -0.25) is 4.79 Å². The molecule has 108 valence electrons. The van der Waals surface area contributed by atoms with E-state index in [1.165, 1.54) is 31.4 Å². The minimum absolute atomic E-state index is 0.0612. The molecule has 0 aliphatic carbocycles. The lowest BCUT2D eigenvalue weighted by molar-refractivity contribution is 0.0728. The third kappa shape index (κ3) is 3.35. The highest BCUT2D eigenvalue weighted by atomic mass is 35.5. The monoisotopic (exact) mass is 324 g/mol. The molecular weight excluding hydrogens is 315 g/mol. The number of carbonyl (C=O) groups is 2. The first-order chi connectivity index (χ1) is 10.1. The Morgan fingerprint density at radius 3 is 2.52 bits per heavy atom. The molecule has 0 saturated carbocycles. The SMILES string of the molecule is COc1cccc(C=O)c1OC(=O)c1ccc(Cl)c(Cl)c1. The smallest absolute Gasteiger partial charge is 0.343 e. The number of benzene rings is 2. The number of para-hydroxylation sites is 1. The van der Waals surface area contributed by atoms with E-state index in [4.69, 9.17) is 32.7 Å². The fourth-order valence-corrected chi connectivity index (χ4v) is 1.97. The lowest BCUT2D eigenvalue weighted by atomic mass is 10.2. The van der Waals surface area contributed by atoms with Gasteiger partial charge in [-0.1, -0.05) is 29.3 Å². The molecule has 2 aromatic carbocycles. The van der Waals surface area contributed by atoms with Crippen LogP contribution in [0.3, 0.4) is 0 Å². The lowest BCUT2D eigenvalue weighted by Crippen LogP contribution is -2.10. The Kier molecular flexibility index (Phi) is 4.83. The predicted octanol–water partition coefficient (Wildman–Crippen LogP) is 4.03. The van der Waals surface area contributed by atoms with E-state index >= 15 is 0 Å². The van der Waals surface area contributed by atoms with Crippen molar-refractivity contribution in [2.75, 3.05) is 7.11 Å². The summed E-state index contributed by atoms with van der Waals surface area (Å²) in [5, 5.41) is 0.570. The summed E-state index contributed by atoms with van der Waals surface area (Å²) in [6, 6.07) is 9.09. The first-order valence-electron chi connectivity index (χ1n) is 5.86. The molecule has 0 fully saturated rings. The third-order valence-electron chi connectivity index (χ3n) is 2.71. The Morgan fingerprint density at radius 2 is 1.90 bits per heavy atom. The molecule has 0 saturated heterocycles. The maximum absolute atomic E-state index is 12.1. The second-order valence-corrected chi connectivity index (χ2v) is 4.83. The minimum atomic E-state index is -0.666. The fraction of sp³-hybridized carbons (Fsp3) is 0.0667. The number of hydrogen-bond acceptors (Lipinski definition) is 4. The van der Waals surface area contributed by atoms with Crippen molar-refractivity contribution in [2.24, 2.45) is 0 Å². The number of aldehydes is 1. The highest BCUT2D eigenvalue weighted by Gasteiger charge is 2.16. The summed E-state index contributed by atoms with van der Waals surface area (Å²) >= 11 is 11.6. The van der Waals surface area contributed by atoms with Crippen molar-refractivity contribution in [1.29, 1.82) is 0 Å². The van der Waals surface area contributed by atoms with Gasteiger partial charge < -0.3 is 9.47 Å². The first-order valence-corrected chi connectivity index (χ1v) is 6.62. The van der Waals surface area contributed by atoms with Crippen molar-refractivity contribution < 1.29 is 19.1 Å². The maximum atomic E-state index is 12.1. The summed E-state index contributed by atoms with van der Waals surface area (Å²) in [7, 11) is 1.42. The van der Waals surface area contributed by atoms with Crippen LogP contribution < -0.4 is 9.47 Å². The number of methoxy groups -OCH3 is 1. The van der Waals surface area contributed by atoms with Crippen LogP contribution in [0.1, 0.15) is 20.7 Å². The Morgan fingerprint density at radius 1 is 1.14 bits per heavy atom. The Balaban J connectivity index is 2.35. The second-order valence-electron chi connectivity index (χ2n) is 4.01. The summed E-state index contributed by atoms with van der Waals surface area (Å²) in [5.41, 5.74) is 0.426. The third-order valence-corrected chi connectivity index (χ3v) is 3.45. The number of halogens is 2. The van der Waals surface area contributed by atoms with E-state index < -0.39 is 5.97 Å². The molecule has 0 aliphatic heterocycles. The number of esters is 1. The molecule has 0 N–H and O–H groups in total. The normalized spacial score (nSPS) is 10.0.